The van der Waals surface area contributed by atoms with Crippen molar-refractivity contribution < 1.29 is 4.79 Å². The Kier molecular flexibility index (Phi) is 3.90. The van der Waals surface area contributed by atoms with Crippen LogP contribution in [-0.2, 0) is 4.79 Å². The van der Waals surface area contributed by atoms with Crippen LogP contribution in [0.15, 0.2) is 30.3 Å². The Balaban J connectivity index is 2.62. The van der Waals surface area contributed by atoms with Gasteiger partial charge < -0.3 is 5.73 Å². The van der Waals surface area contributed by atoms with Crippen molar-refractivity contribution in [2.75, 3.05) is 0 Å². The lowest BCUT2D eigenvalue weighted by molar-refractivity contribution is -0.120. The number of rotatable bonds is 4. The SMILES string of the molecule is C#CCCC(=O)C(N)c1ccccc1. The van der Waals surface area contributed by atoms with E-state index in [1.807, 2.05) is 30.3 Å². The minimum Gasteiger partial charge on any atom is -0.318 e. The molecule has 0 bridgehead atoms. The normalized spacial score (nSPS) is 11.7. The molecule has 0 amide bonds. The van der Waals surface area contributed by atoms with Gasteiger partial charge in [-0.25, -0.2) is 0 Å². The first-order chi connectivity index (χ1) is 6.75. The molecule has 14 heavy (non-hydrogen) atoms. The molecular formula is C12H13NO. The first-order valence-corrected chi connectivity index (χ1v) is 4.52. The Morgan fingerprint density at radius 3 is 2.64 bits per heavy atom. The van der Waals surface area contributed by atoms with Crippen LogP contribution in [0.25, 0.3) is 0 Å². The smallest absolute Gasteiger partial charge is 0.154 e. The standard InChI is InChI=1S/C12H13NO/c1-2-3-9-11(14)12(13)10-7-5-4-6-8-10/h1,4-8,12H,3,9,13H2. The quantitative estimate of drug-likeness (QED) is 0.728. The molecule has 2 N–H and O–H groups in total. The van der Waals surface area contributed by atoms with Crippen molar-refractivity contribution in [3.8, 4) is 12.3 Å². The summed E-state index contributed by atoms with van der Waals surface area (Å²) in [6, 6.07) is 8.77. The lowest BCUT2D eigenvalue weighted by Gasteiger charge is -2.09. The summed E-state index contributed by atoms with van der Waals surface area (Å²) in [6.45, 7) is 0. The Morgan fingerprint density at radius 2 is 2.07 bits per heavy atom. The molecule has 0 fully saturated rings. The van der Waals surface area contributed by atoms with E-state index in [2.05, 4.69) is 5.92 Å². The number of benzene rings is 1. The third kappa shape index (κ3) is 2.72. The number of terminal acetylenes is 1. The fraction of sp³-hybridized carbons (Fsp3) is 0.250. The molecule has 0 aliphatic heterocycles. The summed E-state index contributed by atoms with van der Waals surface area (Å²) in [5.41, 5.74) is 6.60. The molecule has 0 saturated carbocycles. The summed E-state index contributed by atoms with van der Waals surface area (Å²) < 4.78 is 0. The van der Waals surface area contributed by atoms with Gasteiger partial charge in [0.25, 0.3) is 0 Å². The van der Waals surface area contributed by atoms with Crippen LogP contribution in [-0.4, -0.2) is 5.78 Å². The third-order valence-electron chi connectivity index (χ3n) is 2.02. The predicted octanol–water partition coefficient (Wildman–Crippen LogP) is 1.67. The highest BCUT2D eigenvalue weighted by molar-refractivity contribution is 5.85. The van der Waals surface area contributed by atoms with Gasteiger partial charge in [-0.05, 0) is 5.56 Å². The Hall–Kier alpha value is -1.59. The van der Waals surface area contributed by atoms with Crippen LogP contribution in [0, 0.1) is 12.3 Å². The first-order valence-electron chi connectivity index (χ1n) is 4.52. The number of Topliss-reactive ketones (excluding diaryl/α,β-unsaturated/α-hetero) is 1. The zero-order valence-electron chi connectivity index (χ0n) is 7.94. The summed E-state index contributed by atoms with van der Waals surface area (Å²) in [5, 5.41) is 0. The average Bonchev–Trinajstić information content (AvgIpc) is 2.26. The summed E-state index contributed by atoms with van der Waals surface area (Å²) in [4.78, 5) is 11.5. The molecule has 1 aromatic rings. The molecule has 0 heterocycles. The molecule has 0 radical (unpaired) electrons. The number of hydrogen-bond acceptors (Lipinski definition) is 2. The second-order valence-corrected chi connectivity index (χ2v) is 3.06. The largest absolute Gasteiger partial charge is 0.318 e. The van der Waals surface area contributed by atoms with Crippen LogP contribution >= 0.6 is 0 Å². The molecule has 0 aliphatic rings. The minimum absolute atomic E-state index is 0.00542. The number of ketones is 1. The van der Waals surface area contributed by atoms with Crippen molar-refractivity contribution in [3.05, 3.63) is 35.9 Å². The van der Waals surface area contributed by atoms with E-state index in [4.69, 9.17) is 12.2 Å². The van der Waals surface area contributed by atoms with Gasteiger partial charge in [0, 0.05) is 12.8 Å². The number of hydrogen-bond donors (Lipinski definition) is 1. The average molecular weight is 187 g/mol. The highest BCUT2D eigenvalue weighted by atomic mass is 16.1. The maximum atomic E-state index is 11.5. The second-order valence-electron chi connectivity index (χ2n) is 3.06. The molecule has 1 rings (SSSR count). The van der Waals surface area contributed by atoms with E-state index in [0.29, 0.717) is 12.8 Å². The van der Waals surface area contributed by atoms with E-state index in [1.54, 1.807) is 0 Å². The van der Waals surface area contributed by atoms with Gasteiger partial charge in [0.1, 0.15) is 0 Å². The van der Waals surface area contributed by atoms with Crippen LogP contribution in [0.1, 0.15) is 24.4 Å². The monoisotopic (exact) mass is 187 g/mol. The molecule has 1 atom stereocenters. The number of carbonyl (C=O) groups is 1. The topological polar surface area (TPSA) is 43.1 Å². The second kappa shape index (κ2) is 5.21. The lowest BCUT2D eigenvalue weighted by atomic mass is 10.0. The number of nitrogens with two attached hydrogens (primary N) is 1. The number of carbonyl (C=O) groups excluding carboxylic acids is 1. The zero-order valence-corrected chi connectivity index (χ0v) is 7.94. The fourth-order valence-corrected chi connectivity index (χ4v) is 1.20. The van der Waals surface area contributed by atoms with E-state index in [9.17, 15) is 4.79 Å². The maximum absolute atomic E-state index is 11.5. The Morgan fingerprint density at radius 1 is 1.43 bits per heavy atom. The van der Waals surface area contributed by atoms with E-state index >= 15 is 0 Å². The van der Waals surface area contributed by atoms with Crippen LogP contribution in [0.5, 0.6) is 0 Å². The third-order valence-corrected chi connectivity index (χ3v) is 2.02. The predicted molar refractivity (Wildman–Crippen MR) is 56.4 cm³/mol. The Bertz CT molecular complexity index is 337. The van der Waals surface area contributed by atoms with Crippen molar-refractivity contribution in [3.63, 3.8) is 0 Å². The highest BCUT2D eigenvalue weighted by Gasteiger charge is 2.13. The molecule has 2 heteroatoms. The summed E-state index contributed by atoms with van der Waals surface area (Å²) >= 11 is 0. The van der Waals surface area contributed by atoms with Crippen molar-refractivity contribution in [1.82, 2.24) is 0 Å². The van der Waals surface area contributed by atoms with E-state index in [-0.39, 0.29) is 5.78 Å². The summed E-state index contributed by atoms with van der Waals surface area (Å²) in [7, 11) is 0. The van der Waals surface area contributed by atoms with Gasteiger partial charge in [-0.3, -0.25) is 4.79 Å². The van der Waals surface area contributed by atoms with Crippen LogP contribution in [0.2, 0.25) is 0 Å². The first kappa shape index (κ1) is 10.5. The summed E-state index contributed by atoms with van der Waals surface area (Å²) in [5.74, 6) is 2.42. The zero-order chi connectivity index (χ0) is 10.4. The molecule has 1 aromatic carbocycles. The molecule has 0 saturated heterocycles. The fourth-order valence-electron chi connectivity index (χ4n) is 1.20. The van der Waals surface area contributed by atoms with Crippen LogP contribution < -0.4 is 5.73 Å². The van der Waals surface area contributed by atoms with Gasteiger partial charge in [-0.15, -0.1) is 12.3 Å². The highest BCUT2D eigenvalue weighted by Crippen LogP contribution is 2.12. The maximum Gasteiger partial charge on any atom is 0.154 e. The molecule has 72 valence electrons. The molecule has 0 spiro atoms. The van der Waals surface area contributed by atoms with E-state index in [0.717, 1.165) is 5.56 Å². The molecule has 2 nitrogen and oxygen atoms in total. The van der Waals surface area contributed by atoms with Crippen LogP contribution in [0.4, 0.5) is 0 Å². The molecule has 1 unspecified atom stereocenters. The molecular weight excluding hydrogens is 174 g/mol. The van der Waals surface area contributed by atoms with Gasteiger partial charge in [0.2, 0.25) is 0 Å². The lowest BCUT2D eigenvalue weighted by Crippen LogP contribution is -2.20. The van der Waals surface area contributed by atoms with Crippen molar-refractivity contribution in [1.29, 1.82) is 0 Å². The minimum atomic E-state index is -0.537. The van der Waals surface area contributed by atoms with Crippen molar-refractivity contribution in [2.24, 2.45) is 5.73 Å². The molecule has 0 aliphatic carbocycles. The van der Waals surface area contributed by atoms with E-state index in [1.165, 1.54) is 0 Å². The van der Waals surface area contributed by atoms with Gasteiger partial charge in [0.15, 0.2) is 5.78 Å². The van der Waals surface area contributed by atoms with Crippen molar-refractivity contribution >= 4 is 5.78 Å². The van der Waals surface area contributed by atoms with Crippen molar-refractivity contribution in [2.45, 2.75) is 18.9 Å². The van der Waals surface area contributed by atoms with Gasteiger partial charge >= 0.3 is 0 Å². The molecule has 0 aromatic heterocycles. The Labute approximate surface area is 84.1 Å². The van der Waals surface area contributed by atoms with Gasteiger partial charge in [-0.2, -0.15) is 0 Å². The van der Waals surface area contributed by atoms with Gasteiger partial charge in [-0.1, -0.05) is 30.3 Å². The van der Waals surface area contributed by atoms with E-state index < -0.39 is 6.04 Å². The summed E-state index contributed by atoms with van der Waals surface area (Å²) in [6.07, 6.45) is 5.88. The van der Waals surface area contributed by atoms with Gasteiger partial charge in [0.05, 0.1) is 6.04 Å². The van der Waals surface area contributed by atoms with Crippen LogP contribution in [0.3, 0.4) is 0 Å².